The van der Waals surface area contributed by atoms with Crippen LogP contribution in [-0.2, 0) is 4.79 Å². The van der Waals surface area contributed by atoms with Crippen LogP contribution in [-0.4, -0.2) is 83.1 Å². The Hall–Kier alpha value is -3.89. The summed E-state index contributed by atoms with van der Waals surface area (Å²) in [5.74, 6) is -1.88. The van der Waals surface area contributed by atoms with Crippen molar-refractivity contribution < 1.29 is 18.3 Å². The van der Waals surface area contributed by atoms with Gasteiger partial charge >= 0.3 is 6.01 Å². The van der Waals surface area contributed by atoms with Crippen molar-refractivity contribution in [3.05, 3.63) is 65.8 Å². The number of halogens is 3. The average molecular weight is 579 g/mol. The fourth-order valence-electron chi connectivity index (χ4n) is 5.66. The third kappa shape index (κ3) is 5.17. The van der Waals surface area contributed by atoms with Crippen LogP contribution in [0.1, 0.15) is 12.8 Å². The average Bonchev–Trinajstić information content (AvgIpc) is 3.40. The number of hydrogen-bond donors (Lipinski definition) is 0. The molecule has 0 aliphatic carbocycles. The van der Waals surface area contributed by atoms with Gasteiger partial charge in [-0.3, -0.25) is 9.78 Å². The second kappa shape index (κ2) is 11.2. The maximum Gasteiger partial charge on any atom is 0.319 e. The van der Waals surface area contributed by atoms with E-state index in [1.807, 2.05) is 36.2 Å². The first-order chi connectivity index (χ1) is 19.8. The predicted molar refractivity (Wildman–Crippen MR) is 155 cm³/mol. The Morgan fingerprint density at radius 3 is 2.59 bits per heavy atom. The number of carbonyl (C=O) groups excluding carboxylic acids is 1. The maximum atomic E-state index is 16.4. The van der Waals surface area contributed by atoms with Gasteiger partial charge in [-0.25, -0.2) is 8.78 Å². The molecule has 2 aromatic carbocycles. The van der Waals surface area contributed by atoms with Crippen molar-refractivity contribution in [3.63, 3.8) is 0 Å². The number of benzene rings is 2. The number of pyridine rings is 1. The maximum absolute atomic E-state index is 16.4. The molecule has 41 heavy (non-hydrogen) atoms. The highest BCUT2D eigenvalue weighted by molar-refractivity contribution is 6.36. The predicted octanol–water partition coefficient (Wildman–Crippen LogP) is 5.24. The Balaban J connectivity index is 1.42. The van der Waals surface area contributed by atoms with E-state index in [-0.39, 0.29) is 36.4 Å². The molecule has 0 unspecified atom stereocenters. The minimum atomic E-state index is -0.995. The Morgan fingerprint density at radius 1 is 1.12 bits per heavy atom. The summed E-state index contributed by atoms with van der Waals surface area (Å²) >= 11 is 6.54. The van der Waals surface area contributed by atoms with Gasteiger partial charge in [0.05, 0.1) is 5.39 Å². The lowest BCUT2D eigenvalue weighted by Crippen LogP contribution is -2.49. The molecular formula is C30H29ClF2N6O2. The van der Waals surface area contributed by atoms with E-state index in [2.05, 4.69) is 26.4 Å². The van der Waals surface area contributed by atoms with Gasteiger partial charge in [0, 0.05) is 54.4 Å². The molecule has 2 aliphatic heterocycles. The van der Waals surface area contributed by atoms with Crippen LogP contribution in [0, 0.1) is 5.82 Å². The molecule has 2 saturated heterocycles. The lowest BCUT2D eigenvalue weighted by atomic mass is 10.0. The van der Waals surface area contributed by atoms with Crippen molar-refractivity contribution >= 4 is 45.0 Å². The largest absolute Gasteiger partial charge is 0.462 e. The molecule has 4 aromatic rings. The van der Waals surface area contributed by atoms with Crippen molar-refractivity contribution in [2.24, 2.45) is 0 Å². The Labute approximate surface area is 241 Å². The SMILES string of the molecule is C=C(F)C(=O)N1CCN(c2nc(OC[C@@H]3CCCN3C)nc3c(F)c(-c4cccc5cccc(Cl)c45)ncc23)CC1. The number of amides is 1. The summed E-state index contributed by atoms with van der Waals surface area (Å²) in [5.41, 5.74) is 0.759. The first-order valence-corrected chi connectivity index (χ1v) is 13.9. The summed E-state index contributed by atoms with van der Waals surface area (Å²) in [5, 5.41) is 2.48. The first kappa shape index (κ1) is 27.3. The molecule has 2 aliphatic rings. The summed E-state index contributed by atoms with van der Waals surface area (Å²) in [6.45, 7) is 5.72. The van der Waals surface area contributed by atoms with E-state index >= 15 is 4.39 Å². The number of hydrogen-bond acceptors (Lipinski definition) is 7. The molecule has 212 valence electrons. The van der Waals surface area contributed by atoms with Gasteiger partial charge in [-0.1, -0.05) is 48.5 Å². The van der Waals surface area contributed by atoms with E-state index < -0.39 is 17.6 Å². The fourth-order valence-corrected chi connectivity index (χ4v) is 5.94. The molecular weight excluding hydrogens is 550 g/mol. The fraction of sp³-hybridized carbons (Fsp3) is 0.333. The van der Waals surface area contributed by atoms with Crippen molar-refractivity contribution in [2.45, 2.75) is 18.9 Å². The van der Waals surface area contributed by atoms with Crippen LogP contribution in [0.15, 0.2) is 55.0 Å². The minimum Gasteiger partial charge on any atom is -0.462 e. The van der Waals surface area contributed by atoms with E-state index in [1.54, 1.807) is 18.3 Å². The van der Waals surface area contributed by atoms with E-state index in [0.29, 0.717) is 46.9 Å². The number of rotatable bonds is 6. The molecule has 8 nitrogen and oxygen atoms in total. The number of likely N-dealkylation sites (tertiary alicyclic amines) is 1. The molecule has 6 rings (SSSR count). The molecule has 4 heterocycles. The second-order valence-corrected chi connectivity index (χ2v) is 10.8. The highest BCUT2D eigenvalue weighted by Crippen LogP contribution is 2.37. The Kier molecular flexibility index (Phi) is 7.44. The van der Waals surface area contributed by atoms with Crippen molar-refractivity contribution in [1.29, 1.82) is 0 Å². The normalized spacial score (nSPS) is 17.9. The van der Waals surface area contributed by atoms with Crippen LogP contribution in [0.4, 0.5) is 14.6 Å². The number of nitrogens with zero attached hydrogens (tertiary/aromatic N) is 6. The van der Waals surface area contributed by atoms with Crippen molar-refractivity contribution in [2.75, 3.05) is 51.3 Å². The van der Waals surface area contributed by atoms with E-state index in [9.17, 15) is 9.18 Å². The van der Waals surface area contributed by atoms with Gasteiger partial charge in [0.1, 0.15) is 23.6 Å². The number of likely N-dealkylation sites (N-methyl/N-ethyl adjacent to an activating group) is 1. The van der Waals surface area contributed by atoms with Crippen molar-refractivity contribution in [1.82, 2.24) is 24.8 Å². The number of carbonyl (C=O) groups is 1. The molecule has 2 fully saturated rings. The summed E-state index contributed by atoms with van der Waals surface area (Å²) in [6, 6.07) is 11.4. The zero-order chi connectivity index (χ0) is 28.7. The highest BCUT2D eigenvalue weighted by atomic mass is 35.5. The van der Waals surface area contributed by atoms with Gasteiger partial charge < -0.3 is 19.4 Å². The number of anilines is 1. The summed E-state index contributed by atoms with van der Waals surface area (Å²) in [7, 11) is 2.05. The zero-order valence-electron chi connectivity index (χ0n) is 22.6. The van der Waals surface area contributed by atoms with Gasteiger partial charge in [-0.2, -0.15) is 9.97 Å². The molecule has 11 heteroatoms. The zero-order valence-corrected chi connectivity index (χ0v) is 23.4. The van der Waals surface area contributed by atoms with Gasteiger partial charge in [0.15, 0.2) is 11.6 Å². The molecule has 0 spiro atoms. The highest BCUT2D eigenvalue weighted by Gasteiger charge is 2.28. The third-order valence-corrected chi connectivity index (χ3v) is 8.24. The van der Waals surface area contributed by atoms with Gasteiger partial charge in [0.25, 0.3) is 5.91 Å². The molecule has 1 amide bonds. The molecule has 0 N–H and O–H groups in total. The summed E-state index contributed by atoms with van der Waals surface area (Å²) in [4.78, 5) is 31.4. The quantitative estimate of drug-likeness (QED) is 0.290. The molecule has 1 atom stereocenters. The number of fused-ring (bicyclic) bond motifs is 2. The number of piperazine rings is 1. The Morgan fingerprint density at radius 2 is 1.88 bits per heavy atom. The first-order valence-electron chi connectivity index (χ1n) is 13.6. The molecule has 2 aromatic heterocycles. The Bertz CT molecular complexity index is 1650. The van der Waals surface area contributed by atoms with E-state index in [0.717, 1.165) is 24.8 Å². The number of ether oxygens (including phenoxy) is 1. The number of aromatic nitrogens is 3. The lowest BCUT2D eigenvalue weighted by molar-refractivity contribution is -0.128. The minimum absolute atomic E-state index is 0.0652. The monoisotopic (exact) mass is 578 g/mol. The molecule has 0 saturated carbocycles. The van der Waals surface area contributed by atoms with Gasteiger partial charge in [-0.05, 0) is 37.9 Å². The lowest BCUT2D eigenvalue weighted by Gasteiger charge is -2.35. The van der Waals surface area contributed by atoms with E-state index in [1.165, 1.54) is 4.90 Å². The van der Waals surface area contributed by atoms with Crippen LogP contribution < -0.4 is 9.64 Å². The van der Waals surface area contributed by atoms with Crippen LogP contribution in [0.3, 0.4) is 0 Å². The molecule has 0 radical (unpaired) electrons. The second-order valence-electron chi connectivity index (χ2n) is 10.4. The van der Waals surface area contributed by atoms with Crippen LogP contribution in [0.2, 0.25) is 5.02 Å². The van der Waals surface area contributed by atoms with Crippen LogP contribution >= 0.6 is 11.6 Å². The summed E-state index contributed by atoms with van der Waals surface area (Å²) < 4.78 is 35.9. The van der Waals surface area contributed by atoms with Crippen molar-refractivity contribution in [3.8, 4) is 17.3 Å². The van der Waals surface area contributed by atoms with Crippen LogP contribution in [0.5, 0.6) is 6.01 Å². The van der Waals surface area contributed by atoms with Gasteiger partial charge in [-0.15, -0.1) is 0 Å². The molecule has 0 bridgehead atoms. The third-order valence-electron chi connectivity index (χ3n) is 7.93. The standard InChI is InChI=1S/C30H29ClF2N6O2/c1-18(32)29(40)39-14-12-38(13-15-39)28-22-16-34-26(21-9-3-6-19-7-4-10-23(31)24(19)21)25(33)27(22)35-30(36-28)41-17-20-8-5-11-37(20)2/h3-4,6-7,9-10,16,20H,1,5,8,11-15,17H2,2H3/t20-/m0/s1. The smallest absolute Gasteiger partial charge is 0.319 e. The summed E-state index contributed by atoms with van der Waals surface area (Å²) in [6.07, 6.45) is 3.64. The topological polar surface area (TPSA) is 74.7 Å². The van der Waals surface area contributed by atoms with E-state index in [4.69, 9.17) is 16.3 Å². The van der Waals surface area contributed by atoms with Gasteiger partial charge in [0.2, 0.25) is 0 Å². The van der Waals surface area contributed by atoms with Crippen LogP contribution in [0.25, 0.3) is 32.9 Å².